The molecule has 0 aliphatic rings. The molecule has 0 aliphatic carbocycles. The van der Waals surface area contributed by atoms with E-state index in [-0.39, 0.29) is 5.56 Å². The van der Waals surface area contributed by atoms with Crippen LogP contribution < -0.4 is 5.32 Å². The monoisotopic (exact) mass is 265 g/mol. The van der Waals surface area contributed by atoms with Crippen LogP contribution in [0.25, 0.3) is 11.3 Å². The number of aromatic nitrogens is 2. The van der Waals surface area contributed by atoms with Gasteiger partial charge in [-0.2, -0.15) is 5.10 Å². The number of benzene rings is 1. The van der Waals surface area contributed by atoms with Crippen LogP contribution in [0.1, 0.15) is 19.4 Å². The third-order valence-electron chi connectivity index (χ3n) is 2.80. The predicted molar refractivity (Wildman–Crippen MR) is 70.5 cm³/mol. The van der Waals surface area contributed by atoms with E-state index in [1.54, 1.807) is 6.20 Å². The number of hydrogen-bond donors (Lipinski definition) is 2. The number of halogens is 2. The molecule has 0 fully saturated rings. The molecule has 102 valence electrons. The second-order valence-electron chi connectivity index (χ2n) is 4.89. The van der Waals surface area contributed by atoms with Crippen molar-refractivity contribution in [2.75, 3.05) is 6.54 Å². The van der Waals surface area contributed by atoms with E-state index in [1.807, 2.05) is 0 Å². The SMILES string of the molecule is CC(C)CNCc1cn[nH]c1-c1c(F)cccc1F. The molecule has 0 bridgehead atoms. The number of H-pyrrole nitrogens is 1. The summed E-state index contributed by atoms with van der Waals surface area (Å²) in [5.41, 5.74) is 1.10. The van der Waals surface area contributed by atoms with Crippen molar-refractivity contribution in [3.8, 4) is 11.3 Å². The summed E-state index contributed by atoms with van der Waals surface area (Å²) in [6.45, 7) is 5.56. The molecule has 1 aromatic heterocycles. The summed E-state index contributed by atoms with van der Waals surface area (Å²) < 4.78 is 27.5. The van der Waals surface area contributed by atoms with Crippen molar-refractivity contribution in [1.82, 2.24) is 15.5 Å². The van der Waals surface area contributed by atoms with Gasteiger partial charge in [-0.25, -0.2) is 8.78 Å². The first-order valence-corrected chi connectivity index (χ1v) is 6.27. The van der Waals surface area contributed by atoms with E-state index in [1.165, 1.54) is 18.2 Å². The second kappa shape index (κ2) is 5.93. The lowest BCUT2D eigenvalue weighted by Crippen LogP contribution is -2.19. The number of rotatable bonds is 5. The zero-order chi connectivity index (χ0) is 13.8. The fraction of sp³-hybridized carbons (Fsp3) is 0.357. The quantitative estimate of drug-likeness (QED) is 0.872. The van der Waals surface area contributed by atoms with E-state index in [9.17, 15) is 8.78 Å². The van der Waals surface area contributed by atoms with E-state index in [0.717, 1.165) is 12.1 Å². The molecule has 0 saturated carbocycles. The molecule has 2 aromatic rings. The smallest absolute Gasteiger partial charge is 0.135 e. The Morgan fingerprint density at radius 3 is 2.58 bits per heavy atom. The third-order valence-corrected chi connectivity index (χ3v) is 2.80. The van der Waals surface area contributed by atoms with Gasteiger partial charge in [-0.1, -0.05) is 19.9 Å². The van der Waals surface area contributed by atoms with Gasteiger partial charge in [0.25, 0.3) is 0 Å². The Bertz CT molecular complexity index is 529. The first-order valence-electron chi connectivity index (χ1n) is 6.27. The topological polar surface area (TPSA) is 40.7 Å². The van der Waals surface area contributed by atoms with Gasteiger partial charge in [0.2, 0.25) is 0 Å². The molecule has 0 amide bonds. The lowest BCUT2D eigenvalue weighted by atomic mass is 10.1. The first kappa shape index (κ1) is 13.7. The van der Waals surface area contributed by atoms with Crippen LogP contribution in [0.5, 0.6) is 0 Å². The maximum Gasteiger partial charge on any atom is 0.135 e. The zero-order valence-electron chi connectivity index (χ0n) is 11.0. The van der Waals surface area contributed by atoms with Crippen LogP contribution in [0.4, 0.5) is 8.78 Å². The molecule has 0 spiro atoms. The van der Waals surface area contributed by atoms with Crippen molar-refractivity contribution >= 4 is 0 Å². The first-order chi connectivity index (χ1) is 9.09. The van der Waals surface area contributed by atoms with Gasteiger partial charge in [-0.3, -0.25) is 5.10 Å². The second-order valence-corrected chi connectivity index (χ2v) is 4.89. The lowest BCUT2D eigenvalue weighted by Gasteiger charge is -2.09. The van der Waals surface area contributed by atoms with Crippen molar-refractivity contribution in [3.05, 3.63) is 41.6 Å². The maximum atomic E-state index is 13.7. The fourth-order valence-electron chi connectivity index (χ4n) is 1.89. The molecule has 0 aliphatic heterocycles. The molecule has 2 rings (SSSR count). The largest absolute Gasteiger partial charge is 0.312 e. The van der Waals surface area contributed by atoms with Gasteiger partial charge in [0.15, 0.2) is 0 Å². The highest BCUT2D eigenvalue weighted by atomic mass is 19.1. The van der Waals surface area contributed by atoms with Gasteiger partial charge in [-0.05, 0) is 24.6 Å². The van der Waals surface area contributed by atoms with Crippen LogP contribution in [0.15, 0.2) is 24.4 Å². The third kappa shape index (κ3) is 3.17. The van der Waals surface area contributed by atoms with E-state index in [2.05, 4.69) is 29.4 Å². The molecular weight excluding hydrogens is 248 g/mol. The minimum absolute atomic E-state index is 0.0543. The van der Waals surface area contributed by atoms with Gasteiger partial charge in [0, 0.05) is 12.1 Å². The standard InChI is InChI=1S/C14H17F2N3/c1-9(2)6-17-7-10-8-18-19-14(10)13-11(15)4-3-5-12(13)16/h3-5,8-9,17H,6-7H2,1-2H3,(H,18,19). The summed E-state index contributed by atoms with van der Waals surface area (Å²) in [5.74, 6) is -0.663. The zero-order valence-corrected chi connectivity index (χ0v) is 11.0. The molecule has 0 atom stereocenters. The van der Waals surface area contributed by atoms with Crippen LogP contribution >= 0.6 is 0 Å². The summed E-state index contributed by atoms with van der Waals surface area (Å²) in [5, 5.41) is 9.78. The molecule has 0 unspecified atom stereocenters. The highest BCUT2D eigenvalue weighted by Crippen LogP contribution is 2.26. The van der Waals surface area contributed by atoms with Crippen LogP contribution in [0.2, 0.25) is 0 Å². The highest BCUT2D eigenvalue weighted by molar-refractivity contribution is 5.64. The van der Waals surface area contributed by atoms with Gasteiger partial charge < -0.3 is 5.32 Å². The normalized spacial score (nSPS) is 11.2. The number of aromatic amines is 1. The minimum atomic E-state index is -0.589. The van der Waals surface area contributed by atoms with E-state index in [0.29, 0.717) is 18.2 Å². The minimum Gasteiger partial charge on any atom is -0.312 e. The Hall–Kier alpha value is -1.75. The van der Waals surface area contributed by atoms with Gasteiger partial charge in [-0.15, -0.1) is 0 Å². The van der Waals surface area contributed by atoms with E-state index < -0.39 is 11.6 Å². The van der Waals surface area contributed by atoms with Gasteiger partial charge >= 0.3 is 0 Å². The Labute approximate surface area is 111 Å². The molecule has 1 heterocycles. The summed E-state index contributed by atoms with van der Waals surface area (Å²) in [6, 6.07) is 3.83. The summed E-state index contributed by atoms with van der Waals surface area (Å²) in [6.07, 6.45) is 1.59. The number of nitrogens with one attached hydrogen (secondary N) is 2. The van der Waals surface area contributed by atoms with E-state index >= 15 is 0 Å². The molecule has 5 heteroatoms. The Balaban J connectivity index is 2.24. The Kier molecular flexibility index (Phi) is 4.27. The fourth-order valence-corrected chi connectivity index (χ4v) is 1.89. The Morgan fingerprint density at radius 1 is 1.26 bits per heavy atom. The number of hydrogen-bond acceptors (Lipinski definition) is 2. The number of nitrogens with zero attached hydrogens (tertiary/aromatic N) is 1. The predicted octanol–water partition coefficient (Wildman–Crippen LogP) is 3.10. The highest BCUT2D eigenvalue weighted by Gasteiger charge is 2.16. The molecule has 2 N–H and O–H groups in total. The summed E-state index contributed by atoms with van der Waals surface area (Å²) in [7, 11) is 0. The van der Waals surface area contributed by atoms with Gasteiger partial charge in [0.05, 0.1) is 17.5 Å². The van der Waals surface area contributed by atoms with Crippen molar-refractivity contribution in [2.45, 2.75) is 20.4 Å². The average Bonchev–Trinajstić information content (AvgIpc) is 2.77. The average molecular weight is 265 g/mol. The lowest BCUT2D eigenvalue weighted by molar-refractivity contribution is 0.552. The molecule has 19 heavy (non-hydrogen) atoms. The summed E-state index contributed by atoms with van der Waals surface area (Å²) in [4.78, 5) is 0. The molecule has 1 aromatic carbocycles. The van der Waals surface area contributed by atoms with Crippen molar-refractivity contribution < 1.29 is 8.78 Å². The van der Waals surface area contributed by atoms with Crippen LogP contribution in [0, 0.1) is 17.6 Å². The molecule has 3 nitrogen and oxygen atoms in total. The summed E-state index contributed by atoms with van der Waals surface area (Å²) >= 11 is 0. The van der Waals surface area contributed by atoms with E-state index in [4.69, 9.17) is 0 Å². The van der Waals surface area contributed by atoms with Crippen LogP contribution in [0.3, 0.4) is 0 Å². The van der Waals surface area contributed by atoms with Crippen molar-refractivity contribution in [1.29, 1.82) is 0 Å². The molecule has 0 saturated heterocycles. The van der Waals surface area contributed by atoms with Gasteiger partial charge in [0.1, 0.15) is 11.6 Å². The Morgan fingerprint density at radius 2 is 1.95 bits per heavy atom. The maximum absolute atomic E-state index is 13.7. The van der Waals surface area contributed by atoms with Crippen molar-refractivity contribution in [3.63, 3.8) is 0 Å². The van der Waals surface area contributed by atoms with Crippen molar-refractivity contribution in [2.24, 2.45) is 5.92 Å². The van der Waals surface area contributed by atoms with Crippen LogP contribution in [-0.4, -0.2) is 16.7 Å². The molecular formula is C14H17F2N3. The van der Waals surface area contributed by atoms with Crippen LogP contribution in [-0.2, 0) is 6.54 Å². The molecule has 0 radical (unpaired) electrons.